The zero-order valence-corrected chi connectivity index (χ0v) is 14.8. The Bertz CT molecular complexity index is 300. The van der Waals surface area contributed by atoms with Crippen LogP contribution in [0.15, 0.2) is 0 Å². The highest BCUT2D eigenvalue weighted by atomic mass is 16.5. The van der Waals surface area contributed by atoms with Crippen molar-refractivity contribution < 1.29 is 4.74 Å². The second-order valence-corrected chi connectivity index (χ2v) is 8.02. The number of likely N-dealkylation sites (tertiary alicyclic amines) is 1. The molecule has 124 valence electrons. The first-order chi connectivity index (χ1) is 9.83. The van der Waals surface area contributed by atoms with Crippen molar-refractivity contribution in [2.45, 2.75) is 46.3 Å². The summed E-state index contributed by atoms with van der Waals surface area (Å²) in [6, 6.07) is 0.700. The quantitative estimate of drug-likeness (QED) is 0.743. The minimum absolute atomic E-state index is 0.0104. The van der Waals surface area contributed by atoms with Crippen LogP contribution in [0.1, 0.15) is 34.6 Å². The molecule has 2 aliphatic rings. The van der Waals surface area contributed by atoms with Crippen LogP contribution in [0.4, 0.5) is 0 Å². The Balaban J connectivity index is 1.52. The van der Waals surface area contributed by atoms with Crippen LogP contribution in [0, 0.1) is 5.92 Å². The van der Waals surface area contributed by atoms with Gasteiger partial charge in [0.1, 0.15) is 0 Å². The van der Waals surface area contributed by atoms with Crippen molar-refractivity contribution in [1.82, 2.24) is 14.7 Å². The van der Waals surface area contributed by atoms with Crippen molar-refractivity contribution >= 4 is 0 Å². The number of nitrogens with zero attached hydrogens (tertiary/aromatic N) is 3. The van der Waals surface area contributed by atoms with E-state index in [1.54, 1.807) is 0 Å². The summed E-state index contributed by atoms with van der Waals surface area (Å²) >= 11 is 0. The van der Waals surface area contributed by atoms with Crippen LogP contribution in [0.3, 0.4) is 0 Å². The van der Waals surface area contributed by atoms with E-state index in [1.165, 1.54) is 52.4 Å². The van der Waals surface area contributed by atoms with E-state index in [4.69, 9.17) is 4.74 Å². The third kappa shape index (κ3) is 5.85. The molecule has 0 atom stereocenters. The molecule has 0 aromatic heterocycles. The molecule has 2 saturated heterocycles. The Hall–Kier alpha value is -0.160. The van der Waals surface area contributed by atoms with E-state index in [0.29, 0.717) is 6.04 Å². The van der Waals surface area contributed by atoms with Gasteiger partial charge in [-0.3, -0.25) is 9.80 Å². The predicted octanol–water partition coefficient (Wildman–Crippen LogP) is 1.76. The average Bonchev–Trinajstić information content (AvgIpc) is 2.35. The van der Waals surface area contributed by atoms with Gasteiger partial charge in [-0.25, -0.2) is 0 Å². The van der Waals surface area contributed by atoms with Crippen LogP contribution in [0.2, 0.25) is 0 Å². The molecule has 2 heterocycles. The first-order valence-electron chi connectivity index (χ1n) is 8.66. The second kappa shape index (κ2) is 7.40. The number of rotatable bonds is 6. The number of hydrogen-bond donors (Lipinski definition) is 0. The summed E-state index contributed by atoms with van der Waals surface area (Å²) in [7, 11) is 0. The van der Waals surface area contributed by atoms with E-state index in [0.717, 1.165) is 12.5 Å². The minimum atomic E-state index is 0.0104. The molecule has 4 nitrogen and oxygen atoms in total. The lowest BCUT2D eigenvalue weighted by Gasteiger charge is -2.42. The largest absolute Gasteiger partial charge is 0.375 e. The monoisotopic (exact) mass is 297 g/mol. The molecule has 0 aromatic rings. The summed E-state index contributed by atoms with van der Waals surface area (Å²) in [4.78, 5) is 7.78. The molecule has 2 rings (SSSR count). The van der Waals surface area contributed by atoms with Crippen LogP contribution in [0.5, 0.6) is 0 Å². The lowest BCUT2D eigenvalue weighted by molar-refractivity contribution is -0.0577. The van der Waals surface area contributed by atoms with E-state index >= 15 is 0 Å². The molecule has 0 spiro atoms. The molecule has 0 N–H and O–H groups in total. The molecule has 21 heavy (non-hydrogen) atoms. The first kappa shape index (κ1) is 17.2. The molecule has 0 bridgehead atoms. The summed E-state index contributed by atoms with van der Waals surface area (Å²) < 4.78 is 5.87. The summed E-state index contributed by atoms with van der Waals surface area (Å²) in [5, 5.41) is 0. The molecule has 0 unspecified atom stereocenters. The van der Waals surface area contributed by atoms with E-state index in [2.05, 4.69) is 49.3 Å². The fourth-order valence-corrected chi connectivity index (χ4v) is 3.12. The zero-order valence-electron chi connectivity index (χ0n) is 14.8. The number of ether oxygens (including phenoxy) is 1. The first-order valence-corrected chi connectivity index (χ1v) is 8.66. The maximum Gasteiger partial charge on any atom is 0.0598 e. The topological polar surface area (TPSA) is 19.0 Å². The molecule has 0 aromatic carbocycles. The van der Waals surface area contributed by atoms with Gasteiger partial charge in [0.05, 0.1) is 12.2 Å². The molecule has 0 amide bonds. The highest BCUT2D eigenvalue weighted by molar-refractivity contribution is 4.82. The SMILES string of the molecule is CC(C)N1CCN(CCN2CC(COC(C)(C)C)C2)CC1. The maximum absolute atomic E-state index is 5.87. The normalized spacial score (nSPS) is 23.7. The molecule has 2 aliphatic heterocycles. The Morgan fingerprint density at radius 1 is 0.952 bits per heavy atom. The van der Waals surface area contributed by atoms with Crippen molar-refractivity contribution in [2.75, 3.05) is 59.0 Å². The number of hydrogen-bond acceptors (Lipinski definition) is 4. The fourth-order valence-electron chi connectivity index (χ4n) is 3.12. The van der Waals surface area contributed by atoms with Gasteiger partial charge in [-0.2, -0.15) is 0 Å². The second-order valence-electron chi connectivity index (χ2n) is 8.02. The lowest BCUT2D eigenvalue weighted by Crippen LogP contribution is -2.54. The standard InChI is InChI=1S/C17H35N3O/c1-15(2)20-10-8-18(9-11-20)6-7-19-12-16(13-19)14-21-17(3,4)5/h15-16H,6-14H2,1-5H3. The van der Waals surface area contributed by atoms with Gasteiger partial charge in [0.15, 0.2) is 0 Å². The third-order valence-electron chi connectivity index (χ3n) is 4.65. The fraction of sp³-hybridized carbons (Fsp3) is 1.00. The van der Waals surface area contributed by atoms with Gasteiger partial charge in [0.2, 0.25) is 0 Å². The average molecular weight is 297 g/mol. The van der Waals surface area contributed by atoms with Crippen molar-refractivity contribution in [2.24, 2.45) is 5.92 Å². The van der Waals surface area contributed by atoms with Gasteiger partial charge in [-0.1, -0.05) is 0 Å². The molecule has 4 heteroatoms. The smallest absolute Gasteiger partial charge is 0.0598 e. The Kier molecular flexibility index (Phi) is 6.06. The van der Waals surface area contributed by atoms with Gasteiger partial charge in [-0.15, -0.1) is 0 Å². The van der Waals surface area contributed by atoms with Crippen LogP contribution < -0.4 is 0 Å². The summed E-state index contributed by atoms with van der Waals surface area (Å²) in [6.07, 6.45) is 0. The van der Waals surface area contributed by atoms with Gasteiger partial charge in [-0.05, 0) is 34.6 Å². The van der Waals surface area contributed by atoms with Crippen molar-refractivity contribution in [3.8, 4) is 0 Å². The molecular formula is C17H35N3O. The minimum Gasteiger partial charge on any atom is -0.375 e. The summed E-state index contributed by atoms with van der Waals surface area (Å²) in [5.41, 5.74) is 0.0104. The Morgan fingerprint density at radius 2 is 1.52 bits per heavy atom. The van der Waals surface area contributed by atoms with Crippen LogP contribution >= 0.6 is 0 Å². The molecule has 0 radical (unpaired) electrons. The zero-order chi connectivity index (χ0) is 15.5. The Labute approximate surface area is 131 Å². The molecule has 0 aliphatic carbocycles. The van der Waals surface area contributed by atoms with Crippen molar-refractivity contribution in [1.29, 1.82) is 0 Å². The van der Waals surface area contributed by atoms with Crippen molar-refractivity contribution in [3.05, 3.63) is 0 Å². The third-order valence-corrected chi connectivity index (χ3v) is 4.65. The maximum atomic E-state index is 5.87. The van der Waals surface area contributed by atoms with Crippen LogP contribution in [-0.4, -0.2) is 85.3 Å². The highest BCUT2D eigenvalue weighted by Gasteiger charge is 2.28. The molecular weight excluding hydrogens is 262 g/mol. The van der Waals surface area contributed by atoms with E-state index in [1.807, 2.05) is 0 Å². The van der Waals surface area contributed by atoms with Gasteiger partial charge in [0.25, 0.3) is 0 Å². The number of piperazine rings is 1. The summed E-state index contributed by atoms with van der Waals surface area (Å²) in [6.45, 7) is 21.8. The highest BCUT2D eigenvalue weighted by Crippen LogP contribution is 2.18. The predicted molar refractivity (Wildman–Crippen MR) is 88.8 cm³/mol. The van der Waals surface area contributed by atoms with Crippen molar-refractivity contribution in [3.63, 3.8) is 0 Å². The molecule has 2 fully saturated rings. The van der Waals surface area contributed by atoms with Gasteiger partial charge >= 0.3 is 0 Å². The van der Waals surface area contributed by atoms with Crippen LogP contribution in [-0.2, 0) is 4.74 Å². The van der Waals surface area contributed by atoms with Gasteiger partial charge < -0.3 is 9.64 Å². The van der Waals surface area contributed by atoms with E-state index < -0.39 is 0 Å². The van der Waals surface area contributed by atoms with Crippen LogP contribution in [0.25, 0.3) is 0 Å². The van der Waals surface area contributed by atoms with E-state index in [9.17, 15) is 0 Å². The molecule has 0 saturated carbocycles. The Morgan fingerprint density at radius 3 is 2.05 bits per heavy atom. The van der Waals surface area contributed by atoms with Gasteiger partial charge in [0, 0.05) is 64.3 Å². The lowest BCUT2D eigenvalue weighted by atomic mass is 10.0. The summed E-state index contributed by atoms with van der Waals surface area (Å²) in [5.74, 6) is 0.752. The van der Waals surface area contributed by atoms with E-state index in [-0.39, 0.29) is 5.60 Å².